The van der Waals surface area contributed by atoms with E-state index in [1.54, 1.807) is 6.92 Å². The van der Waals surface area contributed by atoms with Gasteiger partial charge in [0.1, 0.15) is 21.8 Å². The van der Waals surface area contributed by atoms with E-state index >= 15 is 0 Å². The molecule has 0 aromatic heterocycles. The molecule has 0 amide bonds. The number of allylic oxidation sites excluding steroid dienone is 1. The number of dihydropyridines is 1. The Balaban J connectivity index is 0.00000136. The number of fused-ring (bicyclic) bond motifs is 1. The minimum Gasteiger partial charge on any atom is -0.482 e. The summed E-state index contributed by atoms with van der Waals surface area (Å²) in [5.74, 6) is -0.443. The number of ether oxygens (including phenoxy) is 1. The third-order valence-electron chi connectivity index (χ3n) is 4.95. The molecule has 3 rings (SSSR count). The molecule has 1 aromatic rings. The quantitative estimate of drug-likeness (QED) is 0.562. The number of aliphatic imine (C=N–C) groups is 1. The van der Waals surface area contributed by atoms with Crippen LogP contribution < -0.4 is 4.74 Å². The molecule has 0 spiro atoms. The van der Waals surface area contributed by atoms with E-state index in [4.69, 9.17) is 4.74 Å². The number of hydrogen-bond donors (Lipinski definition) is 1. The van der Waals surface area contributed by atoms with Gasteiger partial charge in [-0.15, -0.1) is 0 Å². The summed E-state index contributed by atoms with van der Waals surface area (Å²) in [6.07, 6.45) is -4.67. The average Bonchev–Trinajstić information content (AvgIpc) is 2.60. The zero-order chi connectivity index (χ0) is 21.3. The van der Waals surface area contributed by atoms with Crippen LogP contribution in [0.5, 0.6) is 5.75 Å². The number of hydrogen-bond acceptors (Lipinski definition) is 3. The molecule has 0 fully saturated rings. The first-order chi connectivity index (χ1) is 12.9. The summed E-state index contributed by atoms with van der Waals surface area (Å²) in [7, 11) is 0. The minimum absolute atomic E-state index is 0.218. The van der Waals surface area contributed by atoms with Gasteiger partial charge in [-0.25, -0.2) is 4.39 Å². The Bertz CT molecular complexity index is 793. The first kappa shape index (κ1) is 22.9. The van der Waals surface area contributed by atoms with Crippen molar-refractivity contribution in [2.45, 2.75) is 57.9 Å². The van der Waals surface area contributed by atoms with Crippen molar-refractivity contribution in [3.63, 3.8) is 0 Å². The van der Waals surface area contributed by atoms with Crippen LogP contribution >= 0.6 is 15.9 Å². The summed E-state index contributed by atoms with van der Waals surface area (Å²) in [6, 6.07) is 3.71. The van der Waals surface area contributed by atoms with Crippen LogP contribution in [0.1, 0.15) is 46.1 Å². The topological polar surface area (TPSA) is 41.8 Å². The van der Waals surface area contributed by atoms with Crippen molar-refractivity contribution >= 4 is 20.6 Å². The van der Waals surface area contributed by atoms with E-state index in [-0.39, 0.29) is 5.92 Å². The number of nitrogens with zero attached hydrogens (tertiary/aromatic N) is 1. The van der Waals surface area contributed by atoms with Crippen molar-refractivity contribution in [1.82, 2.24) is 0 Å². The molecule has 1 N–H and O–H groups in total. The molecule has 2 aliphatic rings. The molecule has 8 heteroatoms. The summed E-state index contributed by atoms with van der Waals surface area (Å²) >= 11 is 3.17. The highest BCUT2D eigenvalue weighted by atomic mass is 79.9. The molecular formula is C20H24BrF4NO2. The number of benzene rings is 1. The van der Waals surface area contributed by atoms with E-state index in [9.17, 15) is 22.7 Å². The fraction of sp³-hybridized carbons (Fsp3) is 0.550. The van der Waals surface area contributed by atoms with Gasteiger partial charge in [0.05, 0.1) is 0 Å². The highest BCUT2D eigenvalue weighted by molar-refractivity contribution is 9.18. The lowest BCUT2D eigenvalue weighted by Crippen LogP contribution is -2.54. The SMILES string of the molecule is CC.CC1CN=C(Br)C=C1CC(O)(CC1(C)Oc2ccc(F)cc21)C(F)(F)F. The maximum Gasteiger partial charge on any atom is 0.417 e. The maximum atomic E-state index is 13.8. The largest absolute Gasteiger partial charge is 0.482 e. The van der Waals surface area contributed by atoms with Crippen molar-refractivity contribution in [2.75, 3.05) is 6.54 Å². The van der Waals surface area contributed by atoms with Gasteiger partial charge in [0.15, 0.2) is 5.60 Å². The van der Waals surface area contributed by atoms with Gasteiger partial charge in [0, 0.05) is 24.9 Å². The highest BCUT2D eigenvalue weighted by Gasteiger charge is 2.59. The zero-order valence-corrected chi connectivity index (χ0v) is 17.8. The molecule has 1 aromatic carbocycles. The molecule has 0 bridgehead atoms. The number of halogens is 5. The zero-order valence-electron chi connectivity index (χ0n) is 16.2. The summed E-state index contributed by atoms with van der Waals surface area (Å²) in [5, 5.41) is 10.6. The first-order valence-electron chi connectivity index (χ1n) is 9.12. The second-order valence-electron chi connectivity index (χ2n) is 7.14. The first-order valence-corrected chi connectivity index (χ1v) is 9.91. The van der Waals surface area contributed by atoms with Crippen LogP contribution in [-0.4, -0.2) is 28.0 Å². The Kier molecular flexibility index (Phi) is 6.65. The lowest BCUT2D eigenvalue weighted by Gasteiger charge is -2.46. The predicted octanol–water partition coefficient (Wildman–Crippen LogP) is 5.90. The Morgan fingerprint density at radius 3 is 2.57 bits per heavy atom. The van der Waals surface area contributed by atoms with Gasteiger partial charge in [-0.1, -0.05) is 26.3 Å². The molecule has 0 radical (unpaired) electrons. The van der Waals surface area contributed by atoms with Gasteiger partial charge < -0.3 is 9.84 Å². The van der Waals surface area contributed by atoms with Gasteiger partial charge in [-0.2, -0.15) is 13.2 Å². The standard InChI is InChI=1S/C18H18BrF4NO2.C2H6/c1-10-8-24-15(19)5-11(10)7-17(25,18(21,22)23)9-16(2)13-6-12(20)3-4-14(13)26-16;1-2/h3-6,10,25H,7-9H2,1-2H3;1-2H3. The second-order valence-corrected chi connectivity index (χ2v) is 7.95. The number of rotatable bonds is 4. The van der Waals surface area contributed by atoms with E-state index in [0.717, 1.165) is 6.07 Å². The molecule has 3 unspecified atom stereocenters. The van der Waals surface area contributed by atoms with Gasteiger partial charge in [0.25, 0.3) is 0 Å². The summed E-state index contributed by atoms with van der Waals surface area (Å²) in [5.41, 5.74) is -3.63. The van der Waals surface area contributed by atoms with Gasteiger partial charge >= 0.3 is 6.18 Å². The maximum absolute atomic E-state index is 13.8. The Morgan fingerprint density at radius 2 is 1.96 bits per heavy atom. The third-order valence-corrected chi connectivity index (χ3v) is 5.43. The second kappa shape index (κ2) is 8.14. The van der Waals surface area contributed by atoms with Crippen LogP contribution in [0.25, 0.3) is 0 Å². The van der Waals surface area contributed by atoms with Crippen LogP contribution in [0.2, 0.25) is 0 Å². The van der Waals surface area contributed by atoms with E-state index in [2.05, 4.69) is 20.9 Å². The molecule has 28 heavy (non-hydrogen) atoms. The van der Waals surface area contributed by atoms with Crippen LogP contribution in [0.4, 0.5) is 17.6 Å². The number of alkyl halides is 3. The smallest absolute Gasteiger partial charge is 0.417 e. The fourth-order valence-electron chi connectivity index (χ4n) is 3.45. The Hall–Kier alpha value is -1.41. The summed E-state index contributed by atoms with van der Waals surface area (Å²) in [4.78, 5) is 4.12. The summed E-state index contributed by atoms with van der Waals surface area (Å²) < 4.78 is 60.8. The molecule has 2 aliphatic heterocycles. The van der Waals surface area contributed by atoms with Crippen LogP contribution in [0, 0.1) is 11.7 Å². The molecule has 0 aliphatic carbocycles. The fourth-order valence-corrected chi connectivity index (χ4v) is 3.89. The summed E-state index contributed by atoms with van der Waals surface area (Å²) in [6.45, 7) is 7.54. The molecule has 0 saturated carbocycles. The van der Waals surface area contributed by atoms with E-state index in [0.29, 0.717) is 28.1 Å². The van der Waals surface area contributed by atoms with Crippen LogP contribution in [0.3, 0.4) is 0 Å². The molecular weight excluding hydrogens is 442 g/mol. The van der Waals surface area contributed by atoms with Crippen LogP contribution in [0.15, 0.2) is 34.8 Å². The highest BCUT2D eigenvalue weighted by Crippen LogP contribution is 2.52. The molecule has 3 atom stereocenters. The average molecular weight is 466 g/mol. The molecule has 0 saturated heterocycles. The van der Waals surface area contributed by atoms with Crippen molar-refractivity contribution < 1.29 is 27.4 Å². The van der Waals surface area contributed by atoms with Gasteiger partial charge in [-0.05, 0) is 53.0 Å². The van der Waals surface area contributed by atoms with Crippen molar-refractivity contribution in [3.05, 3.63) is 41.2 Å². The molecule has 2 heterocycles. The molecule has 3 nitrogen and oxygen atoms in total. The van der Waals surface area contributed by atoms with E-state index in [1.807, 2.05) is 13.8 Å². The lowest BCUT2D eigenvalue weighted by molar-refractivity contribution is -0.276. The molecule has 156 valence electrons. The van der Waals surface area contributed by atoms with E-state index < -0.39 is 36.0 Å². The van der Waals surface area contributed by atoms with Crippen molar-refractivity contribution in [3.8, 4) is 5.75 Å². The minimum atomic E-state index is -4.87. The number of aliphatic hydroxyl groups is 1. The monoisotopic (exact) mass is 465 g/mol. The van der Waals surface area contributed by atoms with Crippen molar-refractivity contribution in [2.24, 2.45) is 10.9 Å². The van der Waals surface area contributed by atoms with Gasteiger partial charge in [0.2, 0.25) is 0 Å². The third kappa shape index (κ3) is 4.43. The predicted molar refractivity (Wildman–Crippen MR) is 104 cm³/mol. The van der Waals surface area contributed by atoms with E-state index in [1.165, 1.54) is 25.1 Å². The van der Waals surface area contributed by atoms with Gasteiger partial charge in [-0.3, -0.25) is 4.99 Å². The Labute approximate surface area is 170 Å². The Morgan fingerprint density at radius 1 is 1.32 bits per heavy atom. The lowest BCUT2D eigenvalue weighted by atomic mass is 9.75. The van der Waals surface area contributed by atoms with Crippen molar-refractivity contribution in [1.29, 1.82) is 0 Å². The van der Waals surface area contributed by atoms with Crippen LogP contribution in [-0.2, 0) is 5.60 Å². The normalized spacial score (nSPS) is 25.7.